The van der Waals surface area contributed by atoms with E-state index in [2.05, 4.69) is 6.92 Å². The molecule has 0 aliphatic heterocycles. The number of carboxylic acid groups (broad SMARTS) is 1. The minimum Gasteiger partial charge on any atom is -0.481 e. The molecule has 2 N–H and O–H groups in total. The molecule has 3 heteroatoms. The number of rotatable bonds is 4. The molecule has 0 spiro atoms. The molecule has 2 atom stereocenters. The summed E-state index contributed by atoms with van der Waals surface area (Å²) in [5, 5.41) is 19.3. The van der Waals surface area contributed by atoms with Gasteiger partial charge >= 0.3 is 5.97 Å². The SMILES string of the molecule is CC1CCC(C(O)C(C(=O)O)C(C)C)CC1. The molecular formula is C13H24O3. The van der Waals surface area contributed by atoms with Crippen LogP contribution in [0.25, 0.3) is 0 Å². The van der Waals surface area contributed by atoms with E-state index in [0.29, 0.717) is 0 Å². The van der Waals surface area contributed by atoms with Crippen LogP contribution < -0.4 is 0 Å². The molecule has 0 saturated heterocycles. The fourth-order valence-electron chi connectivity index (χ4n) is 2.75. The first-order valence-electron chi connectivity index (χ1n) is 6.34. The van der Waals surface area contributed by atoms with E-state index in [0.717, 1.165) is 31.6 Å². The summed E-state index contributed by atoms with van der Waals surface area (Å²) >= 11 is 0. The minimum atomic E-state index is -0.860. The highest BCUT2D eigenvalue weighted by molar-refractivity contribution is 5.71. The van der Waals surface area contributed by atoms with E-state index in [9.17, 15) is 9.90 Å². The third kappa shape index (κ3) is 3.21. The second-order valence-corrected chi connectivity index (χ2v) is 5.62. The van der Waals surface area contributed by atoms with Crippen molar-refractivity contribution in [1.29, 1.82) is 0 Å². The van der Waals surface area contributed by atoms with Gasteiger partial charge in [-0.05, 0) is 30.6 Å². The number of aliphatic carboxylic acids is 1. The van der Waals surface area contributed by atoms with Gasteiger partial charge in [-0.1, -0.05) is 33.6 Å². The maximum atomic E-state index is 11.1. The summed E-state index contributed by atoms with van der Waals surface area (Å²) in [5.74, 6) is -0.572. The number of aliphatic hydroxyl groups is 1. The Balaban J connectivity index is 2.60. The monoisotopic (exact) mass is 228 g/mol. The lowest BCUT2D eigenvalue weighted by atomic mass is 9.74. The van der Waals surface area contributed by atoms with Gasteiger partial charge in [-0.2, -0.15) is 0 Å². The quantitative estimate of drug-likeness (QED) is 0.777. The van der Waals surface area contributed by atoms with Crippen LogP contribution in [0.5, 0.6) is 0 Å². The highest BCUT2D eigenvalue weighted by Crippen LogP contribution is 2.34. The van der Waals surface area contributed by atoms with Crippen LogP contribution in [0.3, 0.4) is 0 Å². The zero-order valence-corrected chi connectivity index (χ0v) is 10.5. The van der Waals surface area contributed by atoms with Crippen molar-refractivity contribution in [2.24, 2.45) is 23.7 Å². The predicted octanol–water partition coefficient (Wildman–Crippen LogP) is 2.53. The first kappa shape index (κ1) is 13.5. The standard InChI is InChI=1S/C13H24O3/c1-8(2)11(13(15)16)12(14)10-6-4-9(3)5-7-10/h8-12,14H,4-7H2,1-3H3,(H,15,16). The van der Waals surface area contributed by atoms with Crippen molar-refractivity contribution in [3.63, 3.8) is 0 Å². The smallest absolute Gasteiger partial charge is 0.309 e. The molecule has 3 nitrogen and oxygen atoms in total. The van der Waals surface area contributed by atoms with Gasteiger partial charge in [0.25, 0.3) is 0 Å². The highest BCUT2D eigenvalue weighted by Gasteiger charge is 2.36. The zero-order valence-electron chi connectivity index (χ0n) is 10.5. The van der Waals surface area contributed by atoms with Crippen molar-refractivity contribution in [2.45, 2.75) is 52.6 Å². The second-order valence-electron chi connectivity index (χ2n) is 5.62. The molecule has 1 aliphatic rings. The molecule has 1 aliphatic carbocycles. The van der Waals surface area contributed by atoms with Crippen LogP contribution in [-0.2, 0) is 4.79 Å². The molecule has 0 aromatic heterocycles. The van der Waals surface area contributed by atoms with Crippen LogP contribution in [0.4, 0.5) is 0 Å². The minimum absolute atomic E-state index is 0.00755. The Morgan fingerprint density at radius 3 is 2.06 bits per heavy atom. The summed E-state index contributed by atoms with van der Waals surface area (Å²) in [5.41, 5.74) is 0. The Labute approximate surface area is 97.9 Å². The number of aliphatic hydroxyl groups excluding tert-OH is 1. The van der Waals surface area contributed by atoms with Crippen molar-refractivity contribution in [2.75, 3.05) is 0 Å². The number of carbonyl (C=O) groups is 1. The molecule has 1 fully saturated rings. The molecule has 0 aromatic rings. The zero-order chi connectivity index (χ0) is 12.3. The molecule has 0 bridgehead atoms. The molecular weight excluding hydrogens is 204 g/mol. The van der Waals surface area contributed by atoms with Gasteiger partial charge in [0.1, 0.15) is 0 Å². The Morgan fingerprint density at radius 2 is 1.69 bits per heavy atom. The largest absolute Gasteiger partial charge is 0.481 e. The lowest BCUT2D eigenvalue weighted by Crippen LogP contribution is -2.39. The van der Waals surface area contributed by atoms with Crippen LogP contribution in [0, 0.1) is 23.7 Å². The topological polar surface area (TPSA) is 57.5 Å². The lowest BCUT2D eigenvalue weighted by molar-refractivity contribution is -0.150. The van der Waals surface area contributed by atoms with E-state index >= 15 is 0 Å². The maximum absolute atomic E-state index is 11.1. The fraction of sp³-hybridized carbons (Fsp3) is 0.923. The van der Waals surface area contributed by atoms with E-state index in [1.165, 1.54) is 0 Å². The maximum Gasteiger partial charge on any atom is 0.309 e. The van der Waals surface area contributed by atoms with E-state index < -0.39 is 18.0 Å². The third-order valence-corrected chi connectivity index (χ3v) is 3.91. The van der Waals surface area contributed by atoms with Crippen molar-refractivity contribution in [3.8, 4) is 0 Å². The molecule has 16 heavy (non-hydrogen) atoms. The normalized spacial score (nSPS) is 30.1. The number of hydrogen-bond donors (Lipinski definition) is 2. The summed E-state index contributed by atoms with van der Waals surface area (Å²) in [6.07, 6.45) is 3.50. The Kier molecular flexibility index (Phi) is 4.78. The number of hydrogen-bond acceptors (Lipinski definition) is 2. The molecule has 0 radical (unpaired) electrons. The number of carboxylic acids is 1. The van der Waals surface area contributed by atoms with E-state index in [1.54, 1.807) is 0 Å². The van der Waals surface area contributed by atoms with Crippen LogP contribution >= 0.6 is 0 Å². The van der Waals surface area contributed by atoms with Gasteiger partial charge in [0, 0.05) is 0 Å². The Morgan fingerprint density at radius 1 is 1.19 bits per heavy atom. The van der Waals surface area contributed by atoms with Crippen LogP contribution in [0.15, 0.2) is 0 Å². The molecule has 0 heterocycles. The molecule has 2 unspecified atom stereocenters. The highest BCUT2D eigenvalue weighted by atomic mass is 16.4. The van der Waals surface area contributed by atoms with Gasteiger partial charge in [-0.15, -0.1) is 0 Å². The predicted molar refractivity (Wildman–Crippen MR) is 63.1 cm³/mol. The average molecular weight is 228 g/mol. The summed E-state index contributed by atoms with van der Waals surface area (Å²) in [6.45, 7) is 5.96. The first-order valence-corrected chi connectivity index (χ1v) is 6.34. The fourth-order valence-corrected chi connectivity index (χ4v) is 2.75. The molecule has 94 valence electrons. The van der Waals surface area contributed by atoms with Crippen LogP contribution in [0.2, 0.25) is 0 Å². The molecule has 0 aromatic carbocycles. The van der Waals surface area contributed by atoms with Crippen molar-refractivity contribution < 1.29 is 15.0 Å². The Bertz CT molecular complexity index is 229. The van der Waals surface area contributed by atoms with Crippen LogP contribution in [0.1, 0.15) is 46.5 Å². The lowest BCUT2D eigenvalue weighted by Gasteiger charge is -2.34. The summed E-state index contributed by atoms with van der Waals surface area (Å²) in [4.78, 5) is 11.1. The Hall–Kier alpha value is -0.570. The summed E-state index contributed by atoms with van der Waals surface area (Å²) in [7, 11) is 0. The van der Waals surface area contributed by atoms with E-state index in [1.807, 2.05) is 13.8 Å². The van der Waals surface area contributed by atoms with Gasteiger partial charge in [0.15, 0.2) is 0 Å². The molecule has 1 saturated carbocycles. The van der Waals surface area contributed by atoms with Crippen molar-refractivity contribution in [3.05, 3.63) is 0 Å². The van der Waals surface area contributed by atoms with Crippen molar-refractivity contribution >= 4 is 5.97 Å². The van der Waals surface area contributed by atoms with Gasteiger partial charge in [-0.25, -0.2) is 0 Å². The molecule has 0 amide bonds. The third-order valence-electron chi connectivity index (χ3n) is 3.91. The van der Waals surface area contributed by atoms with Gasteiger partial charge < -0.3 is 10.2 Å². The van der Waals surface area contributed by atoms with Gasteiger partial charge in [0.05, 0.1) is 12.0 Å². The second kappa shape index (κ2) is 5.67. The van der Waals surface area contributed by atoms with E-state index in [-0.39, 0.29) is 11.8 Å². The summed E-state index contributed by atoms with van der Waals surface area (Å²) < 4.78 is 0. The molecule has 1 rings (SSSR count). The summed E-state index contributed by atoms with van der Waals surface area (Å²) in [6, 6.07) is 0. The van der Waals surface area contributed by atoms with Crippen molar-refractivity contribution in [1.82, 2.24) is 0 Å². The van der Waals surface area contributed by atoms with Crippen LogP contribution in [-0.4, -0.2) is 22.3 Å². The average Bonchev–Trinajstić information content (AvgIpc) is 2.17. The van der Waals surface area contributed by atoms with E-state index in [4.69, 9.17) is 5.11 Å². The first-order chi connectivity index (χ1) is 7.43. The van der Waals surface area contributed by atoms with Gasteiger partial charge in [-0.3, -0.25) is 4.79 Å². The van der Waals surface area contributed by atoms with Gasteiger partial charge in [0.2, 0.25) is 0 Å².